The molecule has 0 unspecified atom stereocenters. The van der Waals surface area contributed by atoms with E-state index in [0.717, 1.165) is 5.75 Å². The van der Waals surface area contributed by atoms with Crippen molar-refractivity contribution in [1.82, 2.24) is 0 Å². The zero-order valence-corrected chi connectivity index (χ0v) is 14.5. The summed E-state index contributed by atoms with van der Waals surface area (Å²) in [6.07, 6.45) is 2.25. The Morgan fingerprint density at radius 2 is 1.62 bits per heavy atom. The summed E-state index contributed by atoms with van der Waals surface area (Å²) in [4.78, 5) is 10.7. The molecule has 0 atom stereocenters. The standard InChI is InChI=1S/C21H24O3/c1-16(20(22)23)8-7-15-24-19-13-11-18(12-14-19)21(2,3)17-9-5-4-6-10-17/h4-6,8-14H,7,15H2,1-3H3,(H,22,23). The van der Waals surface area contributed by atoms with Gasteiger partial charge in [0.05, 0.1) is 6.61 Å². The average molecular weight is 324 g/mol. The second-order valence-corrected chi connectivity index (χ2v) is 6.34. The van der Waals surface area contributed by atoms with Crippen molar-refractivity contribution < 1.29 is 14.6 Å². The van der Waals surface area contributed by atoms with Crippen LogP contribution in [0, 0.1) is 0 Å². The van der Waals surface area contributed by atoms with Crippen molar-refractivity contribution in [3.05, 3.63) is 77.4 Å². The fourth-order valence-electron chi connectivity index (χ4n) is 2.53. The summed E-state index contributed by atoms with van der Waals surface area (Å²) in [5.74, 6) is -0.0912. The molecule has 0 fully saturated rings. The molecule has 0 heterocycles. The van der Waals surface area contributed by atoms with Gasteiger partial charge in [0.15, 0.2) is 0 Å². The Balaban J connectivity index is 1.98. The van der Waals surface area contributed by atoms with Crippen molar-refractivity contribution in [3.63, 3.8) is 0 Å². The van der Waals surface area contributed by atoms with Crippen molar-refractivity contribution >= 4 is 5.97 Å². The first-order valence-electron chi connectivity index (χ1n) is 8.10. The van der Waals surface area contributed by atoms with Gasteiger partial charge in [-0.25, -0.2) is 4.79 Å². The molecule has 0 aliphatic carbocycles. The number of rotatable bonds is 7. The molecule has 126 valence electrons. The monoisotopic (exact) mass is 324 g/mol. The molecule has 0 aliphatic heterocycles. The fourth-order valence-corrected chi connectivity index (χ4v) is 2.53. The zero-order chi connectivity index (χ0) is 17.6. The van der Waals surface area contributed by atoms with Crippen LogP contribution < -0.4 is 4.74 Å². The summed E-state index contributed by atoms with van der Waals surface area (Å²) in [6.45, 7) is 6.46. The highest BCUT2D eigenvalue weighted by molar-refractivity contribution is 5.85. The van der Waals surface area contributed by atoms with E-state index in [-0.39, 0.29) is 5.41 Å². The van der Waals surface area contributed by atoms with E-state index in [0.29, 0.717) is 18.6 Å². The molecule has 3 heteroatoms. The highest BCUT2D eigenvalue weighted by Crippen LogP contribution is 2.32. The van der Waals surface area contributed by atoms with Gasteiger partial charge in [0.25, 0.3) is 0 Å². The highest BCUT2D eigenvalue weighted by Gasteiger charge is 2.22. The SMILES string of the molecule is CC(=CCCOc1ccc(C(C)(C)c2ccccc2)cc1)C(=O)O. The first kappa shape index (κ1) is 17.8. The number of hydrogen-bond donors (Lipinski definition) is 1. The Morgan fingerprint density at radius 3 is 2.21 bits per heavy atom. The molecule has 3 nitrogen and oxygen atoms in total. The summed E-state index contributed by atoms with van der Waals surface area (Å²) in [5, 5.41) is 8.79. The second kappa shape index (κ2) is 7.82. The van der Waals surface area contributed by atoms with Gasteiger partial charge in [-0.2, -0.15) is 0 Å². The van der Waals surface area contributed by atoms with Gasteiger partial charge in [0, 0.05) is 17.4 Å². The number of carboxylic acids is 1. The molecule has 0 aromatic heterocycles. The van der Waals surface area contributed by atoms with E-state index in [9.17, 15) is 4.79 Å². The Bertz CT molecular complexity index is 698. The van der Waals surface area contributed by atoms with E-state index in [1.54, 1.807) is 13.0 Å². The van der Waals surface area contributed by atoms with Crippen molar-refractivity contribution in [2.24, 2.45) is 0 Å². The largest absolute Gasteiger partial charge is 0.493 e. The van der Waals surface area contributed by atoms with Crippen molar-refractivity contribution in [1.29, 1.82) is 0 Å². The lowest BCUT2D eigenvalue weighted by atomic mass is 9.78. The number of aliphatic carboxylic acids is 1. The van der Waals surface area contributed by atoms with Gasteiger partial charge in [-0.05, 0) is 30.2 Å². The molecule has 0 saturated heterocycles. The third-order valence-corrected chi connectivity index (χ3v) is 4.25. The third-order valence-electron chi connectivity index (χ3n) is 4.25. The van der Waals surface area contributed by atoms with E-state index >= 15 is 0 Å². The molecule has 2 aromatic rings. The van der Waals surface area contributed by atoms with Crippen molar-refractivity contribution in [2.45, 2.75) is 32.6 Å². The molecule has 0 amide bonds. The minimum atomic E-state index is -0.887. The smallest absolute Gasteiger partial charge is 0.330 e. The minimum absolute atomic E-state index is 0.0683. The first-order valence-corrected chi connectivity index (χ1v) is 8.10. The number of carboxylic acid groups (broad SMARTS) is 1. The Kier molecular flexibility index (Phi) is 5.80. The molecule has 0 spiro atoms. The van der Waals surface area contributed by atoms with Gasteiger partial charge < -0.3 is 9.84 Å². The van der Waals surface area contributed by atoms with Crippen LogP contribution in [0.2, 0.25) is 0 Å². The minimum Gasteiger partial charge on any atom is -0.493 e. The van der Waals surface area contributed by atoms with Crippen LogP contribution >= 0.6 is 0 Å². The maximum Gasteiger partial charge on any atom is 0.330 e. The maximum atomic E-state index is 10.7. The van der Waals surface area contributed by atoms with Crippen LogP contribution in [0.5, 0.6) is 5.75 Å². The quantitative estimate of drug-likeness (QED) is 0.587. The summed E-state index contributed by atoms with van der Waals surface area (Å²) in [6, 6.07) is 18.5. The molecule has 1 N–H and O–H groups in total. The van der Waals surface area contributed by atoms with Gasteiger partial charge >= 0.3 is 5.97 Å². The van der Waals surface area contributed by atoms with E-state index in [2.05, 4.69) is 50.2 Å². The van der Waals surface area contributed by atoms with Gasteiger partial charge in [0.1, 0.15) is 5.75 Å². The predicted octanol–water partition coefficient (Wildman–Crippen LogP) is 4.81. The summed E-state index contributed by atoms with van der Waals surface area (Å²) >= 11 is 0. The van der Waals surface area contributed by atoms with Gasteiger partial charge in [0.2, 0.25) is 0 Å². The lowest BCUT2D eigenvalue weighted by Gasteiger charge is -2.26. The summed E-state index contributed by atoms with van der Waals surface area (Å²) < 4.78 is 5.67. The Labute approximate surface area is 143 Å². The second-order valence-electron chi connectivity index (χ2n) is 6.34. The number of benzene rings is 2. The average Bonchev–Trinajstić information content (AvgIpc) is 2.59. The molecule has 2 rings (SSSR count). The Hall–Kier alpha value is -2.55. The normalized spacial score (nSPS) is 12.0. The third kappa shape index (κ3) is 4.48. The molecule has 0 saturated carbocycles. The van der Waals surface area contributed by atoms with Crippen LogP contribution in [-0.2, 0) is 10.2 Å². The van der Waals surface area contributed by atoms with E-state index in [4.69, 9.17) is 9.84 Å². The summed E-state index contributed by atoms with van der Waals surface area (Å²) in [5.41, 5.74) is 2.77. The molecular formula is C21H24O3. The first-order chi connectivity index (χ1) is 11.4. The number of carbonyl (C=O) groups is 1. The summed E-state index contributed by atoms with van der Waals surface area (Å²) in [7, 11) is 0. The topological polar surface area (TPSA) is 46.5 Å². The van der Waals surface area contributed by atoms with Gasteiger partial charge in [-0.1, -0.05) is 62.4 Å². The lowest BCUT2D eigenvalue weighted by molar-refractivity contribution is -0.132. The van der Waals surface area contributed by atoms with E-state index < -0.39 is 5.97 Å². The van der Waals surface area contributed by atoms with E-state index in [1.165, 1.54) is 11.1 Å². The van der Waals surface area contributed by atoms with Crippen LogP contribution in [0.3, 0.4) is 0 Å². The van der Waals surface area contributed by atoms with Crippen LogP contribution in [0.1, 0.15) is 38.3 Å². The predicted molar refractivity (Wildman–Crippen MR) is 96.5 cm³/mol. The molecular weight excluding hydrogens is 300 g/mol. The van der Waals surface area contributed by atoms with Crippen LogP contribution in [0.4, 0.5) is 0 Å². The van der Waals surface area contributed by atoms with Gasteiger partial charge in [-0.15, -0.1) is 0 Å². The maximum absolute atomic E-state index is 10.7. The lowest BCUT2D eigenvalue weighted by Crippen LogP contribution is -2.18. The van der Waals surface area contributed by atoms with Crippen LogP contribution in [0.15, 0.2) is 66.2 Å². The molecule has 2 aromatic carbocycles. The van der Waals surface area contributed by atoms with Crippen LogP contribution in [-0.4, -0.2) is 17.7 Å². The Morgan fingerprint density at radius 1 is 1.04 bits per heavy atom. The van der Waals surface area contributed by atoms with Crippen LogP contribution in [0.25, 0.3) is 0 Å². The number of ether oxygens (including phenoxy) is 1. The molecule has 0 radical (unpaired) electrons. The fraction of sp³-hybridized carbons (Fsp3) is 0.286. The molecule has 24 heavy (non-hydrogen) atoms. The highest BCUT2D eigenvalue weighted by atomic mass is 16.5. The molecule has 0 aliphatic rings. The van der Waals surface area contributed by atoms with Gasteiger partial charge in [-0.3, -0.25) is 0 Å². The van der Waals surface area contributed by atoms with Crippen molar-refractivity contribution in [3.8, 4) is 5.75 Å². The van der Waals surface area contributed by atoms with E-state index in [1.807, 2.05) is 18.2 Å². The van der Waals surface area contributed by atoms with Crippen molar-refractivity contribution in [2.75, 3.05) is 6.61 Å². The number of hydrogen-bond acceptors (Lipinski definition) is 2. The zero-order valence-electron chi connectivity index (χ0n) is 14.5. The molecule has 0 bridgehead atoms.